The second-order valence-corrected chi connectivity index (χ2v) is 7.20. The molecule has 0 radical (unpaired) electrons. The zero-order chi connectivity index (χ0) is 12.7. The summed E-state index contributed by atoms with van der Waals surface area (Å²) >= 11 is 0. The Bertz CT molecular complexity index is 297. The van der Waals surface area contributed by atoms with E-state index in [1.165, 1.54) is 0 Å². The highest BCUT2D eigenvalue weighted by Crippen LogP contribution is 2.10. The Labute approximate surface area is 105 Å². The van der Waals surface area contributed by atoms with Gasteiger partial charge in [0.25, 0.3) is 0 Å². The lowest BCUT2D eigenvalue weighted by Crippen LogP contribution is -2.31. The van der Waals surface area contributed by atoms with E-state index in [0.717, 1.165) is 32.4 Å². The summed E-state index contributed by atoms with van der Waals surface area (Å²) in [4.78, 5) is 0. The summed E-state index contributed by atoms with van der Waals surface area (Å²) in [5.41, 5.74) is 0. The van der Waals surface area contributed by atoms with E-state index in [9.17, 15) is 8.42 Å². The van der Waals surface area contributed by atoms with Gasteiger partial charge in [-0.2, -0.15) is 0 Å². The molecule has 1 aliphatic heterocycles. The van der Waals surface area contributed by atoms with E-state index in [0.29, 0.717) is 12.3 Å². The lowest BCUT2D eigenvalue weighted by molar-refractivity contribution is 0.110. The monoisotopic (exact) mass is 263 g/mol. The Morgan fingerprint density at radius 1 is 1.47 bits per heavy atom. The van der Waals surface area contributed by atoms with E-state index in [-0.39, 0.29) is 17.8 Å². The fourth-order valence-electron chi connectivity index (χ4n) is 1.93. The predicted octanol–water partition coefficient (Wildman–Crippen LogP) is 1.22. The van der Waals surface area contributed by atoms with Gasteiger partial charge >= 0.3 is 0 Å². The topological polar surface area (TPSA) is 55.4 Å². The number of ether oxygens (including phenoxy) is 1. The molecule has 0 aromatic rings. The lowest BCUT2D eigenvalue weighted by Gasteiger charge is -2.12. The van der Waals surface area contributed by atoms with E-state index in [2.05, 4.69) is 5.32 Å². The van der Waals surface area contributed by atoms with Crippen molar-refractivity contribution in [2.24, 2.45) is 5.92 Å². The summed E-state index contributed by atoms with van der Waals surface area (Å²) in [5, 5.41) is 3.17. The molecule has 17 heavy (non-hydrogen) atoms. The molecule has 0 saturated carbocycles. The maximum absolute atomic E-state index is 11.7. The van der Waals surface area contributed by atoms with Gasteiger partial charge in [-0.1, -0.05) is 20.3 Å². The molecule has 5 heteroatoms. The molecule has 2 atom stereocenters. The standard InChI is InChI=1S/C12H25NO3S/c1-3-11(2)10-17(14,15)8-6-13-9-12-5-4-7-16-12/h11-13H,3-10H2,1-2H3. The second kappa shape index (κ2) is 7.34. The molecule has 0 spiro atoms. The van der Waals surface area contributed by atoms with Gasteiger partial charge in [-0.05, 0) is 18.8 Å². The van der Waals surface area contributed by atoms with Gasteiger partial charge in [0.05, 0.1) is 17.6 Å². The third-order valence-corrected chi connectivity index (χ3v) is 5.12. The van der Waals surface area contributed by atoms with Gasteiger partial charge in [-0.15, -0.1) is 0 Å². The molecule has 1 heterocycles. The van der Waals surface area contributed by atoms with Gasteiger partial charge in [0, 0.05) is 19.7 Å². The Kier molecular flexibility index (Phi) is 6.44. The van der Waals surface area contributed by atoms with Crippen molar-refractivity contribution in [1.29, 1.82) is 0 Å². The van der Waals surface area contributed by atoms with Crippen LogP contribution in [0.4, 0.5) is 0 Å². The van der Waals surface area contributed by atoms with Crippen LogP contribution in [0.3, 0.4) is 0 Å². The van der Waals surface area contributed by atoms with Gasteiger partial charge in [-0.3, -0.25) is 0 Å². The van der Waals surface area contributed by atoms with E-state index in [1.807, 2.05) is 13.8 Å². The largest absolute Gasteiger partial charge is 0.377 e. The van der Waals surface area contributed by atoms with Gasteiger partial charge in [-0.25, -0.2) is 8.42 Å². The predicted molar refractivity (Wildman–Crippen MR) is 70.0 cm³/mol. The highest BCUT2D eigenvalue weighted by Gasteiger charge is 2.16. The van der Waals surface area contributed by atoms with Crippen molar-refractivity contribution in [2.75, 3.05) is 31.2 Å². The first kappa shape index (κ1) is 14.9. The average Bonchev–Trinajstić information content (AvgIpc) is 2.76. The summed E-state index contributed by atoms with van der Waals surface area (Å²) in [6, 6.07) is 0. The fraction of sp³-hybridized carbons (Fsp3) is 1.00. The van der Waals surface area contributed by atoms with Crippen LogP contribution >= 0.6 is 0 Å². The van der Waals surface area contributed by atoms with Crippen LogP contribution in [0.15, 0.2) is 0 Å². The number of rotatable bonds is 8. The minimum Gasteiger partial charge on any atom is -0.377 e. The molecule has 1 aliphatic rings. The normalized spacial score (nSPS) is 22.8. The zero-order valence-electron chi connectivity index (χ0n) is 10.9. The molecule has 1 N–H and O–H groups in total. The average molecular weight is 263 g/mol. The minimum atomic E-state index is -2.89. The molecular formula is C12H25NO3S. The van der Waals surface area contributed by atoms with Gasteiger partial charge in [0.15, 0.2) is 9.84 Å². The van der Waals surface area contributed by atoms with Gasteiger partial charge in [0.2, 0.25) is 0 Å². The Morgan fingerprint density at radius 3 is 2.82 bits per heavy atom. The van der Waals surface area contributed by atoms with Crippen LogP contribution in [0.25, 0.3) is 0 Å². The Morgan fingerprint density at radius 2 is 2.24 bits per heavy atom. The highest BCUT2D eigenvalue weighted by molar-refractivity contribution is 7.91. The summed E-state index contributed by atoms with van der Waals surface area (Å²) in [7, 11) is -2.89. The van der Waals surface area contributed by atoms with Crippen LogP contribution in [-0.2, 0) is 14.6 Å². The maximum atomic E-state index is 11.7. The summed E-state index contributed by atoms with van der Waals surface area (Å²) in [5.74, 6) is 0.813. The molecule has 0 bridgehead atoms. The Hall–Kier alpha value is -0.130. The number of nitrogens with one attached hydrogen (secondary N) is 1. The van der Waals surface area contributed by atoms with Crippen molar-refractivity contribution in [3.05, 3.63) is 0 Å². The number of sulfone groups is 1. The van der Waals surface area contributed by atoms with E-state index in [1.54, 1.807) is 0 Å². The molecule has 102 valence electrons. The van der Waals surface area contributed by atoms with Crippen LogP contribution in [0.1, 0.15) is 33.1 Å². The first-order valence-corrected chi connectivity index (χ1v) is 8.38. The van der Waals surface area contributed by atoms with Gasteiger partial charge in [0.1, 0.15) is 0 Å². The fourth-order valence-corrected chi connectivity index (χ4v) is 3.66. The van der Waals surface area contributed by atoms with Crippen molar-refractivity contribution >= 4 is 9.84 Å². The van der Waals surface area contributed by atoms with E-state index in [4.69, 9.17) is 4.74 Å². The molecule has 0 aromatic carbocycles. The van der Waals surface area contributed by atoms with Crippen molar-refractivity contribution in [2.45, 2.75) is 39.2 Å². The molecule has 4 nitrogen and oxygen atoms in total. The van der Waals surface area contributed by atoms with Crippen LogP contribution in [0.5, 0.6) is 0 Å². The summed E-state index contributed by atoms with van der Waals surface area (Å²) in [6.45, 7) is 6.17. The molecule has 0 aromatic heterocycles. The van der Waals surface area contributed by atoms with Crippen molar-refractivity contribution < 1.29 is 13.2 Å². The van der Waals surface area contributed by atoms with Crippen LogP contribution < -0.4 is 5.32 Å². The third kappa shape index (κ3) is 6.38. The second-order valence-electron chi connectivity index (χ2n) is 4.97. The van der Waals surface area contributed by atoms with Crippen LogP contribution in [-0.4, -0.2) is 45.7 Å². The van der Waals surface area contributed by atoms with Gasteiger partial charge < -0.3 is 10.1 Å². The smallest absolute Gasteiger partial charge is 0.151 e. The molecular weight excluding hydrogens is 238 g/mol. The van der Waals surface area contributed by atoms with E-state index >= 15 is 0 Å². The van der Waals surface area contributed by atoms with E-state index < -0.39 is 9.84 Å². The number of hydrogen-bond donors (Lipinski definition) is 1. The van der Waals surface area contributed by atoms with Crippen molar-refractivity contribution in [3.8, 4) is 0 Å². The molecule has 1 fully saturated rings. The SMILES string of the molecule is CCC(C)CS(=O)(=O)CCNCC1CCCO1. The molecule has 1 rings (SSSR count). The highest BCUT2D eigenvalue weighted by atomic mass is 32.2. The molecule has 0 amide bonds. The zero-order valence-corrected chi connectivity index (χ0v) is 11.8. The maximum Gasteiger partial charge on any atom is 0.151 e. The first-order valence-electron chi connectivity index (χ1n) is 6.56. The number of hydrogen-bond acceptors (Lipinski definition) is 4. The van der Waals surface area contributed by atoms with Crippen LogP contribution in [0, 0.1) is 5.92 Å². The quantitative estimate of drug-likeness (QED) is 0.669. The molecule has 2 unspecified atom stereocenters. The Balaban J connectivity index is 2.12. The molecule has 1 saturated heterocycles. The van der Waals surface area contributed by atoms with Crippen LogP contribution in [0.2, 0.25) is 0 Å². The third-order valence-electron chi connectivity index (χ3n) is 3.22. The van der Waals surface area contributed by atoms with Crippen molar-refractivity contribution in [3.63, 3.8) is 0 Å². The lowest BCUT2D eigenvalue weighted by atomic mass is 10.2. The molecule has 0 aliphatic carbocycles. The summed E-state index contributed by atoms with van der Waals surface area (Å²) in [6.07, 6.45) is 3.42. The summed E-state index contributed by atoms with van der Waals surface area (Å²) < 4.78 is 28.9. The van der Waals surface area contributed by atoms with Crippen molar-refractivity contribution in [1.82, 2.24) is 5.32 Å². The minimum absolute atomic E-state index is 0.240. The first-order chi connectivity index (χ1) is 8.03.